The van der Waals surface area contributed by atoms with Gasteiger partial charge >= 0.3 is 6.18 Å². The fraction of sp³-hybridized carbons (Fsp3) is 0.300. The average molecular weight is 435 g/mol. The summed E-state index contributed by atoms with van der Waals surface area (Å²) >= 11 is 0. The number of amides is 1. The van der Waals surface area contributed by atoms with Gasteiger partial charge in [0.1, 0.15) is 24.7 Å². The molecule has 0 fully saturated rings. The molecule has 0 radical (unpaired) electrons. The van der Waals surface area contributed by atoms with E-state index in [9.17, 15) is 18.0 Å². The van der Waals surface area contributed by atoms with E-state index in [1.54, 1.807) is 24.3 Å². The second kappa shape index (κ2) is 9.92. The largest absolute Gasteiger partial charge is 0.494 e. The number of aromatic nitrogens is 4. The van der Waals surface area contributed by atoms with Gasteiger partial charge < -0.3 is 14.8 Å². The molecule has 0 bridgehead atoms. The number of halogens is 3. The molecule has 1 aromatic heterocycles. The summed E-state index contributed by atoms with van der Waals surface area (Å²) in [6.07, 6.45) is -4.47. The van der Waals surface area contributed by atoms with Crippen LogP contribution in [0.2, 0.25) is 0 Å². The van der Waals surface area contributed by atoms with Crippen LogP contribution in [0.5, 0.6) is 11.5 Å². The molecule has 1 heterocycles. The summed E-state index contributed by atoms with van der Waals surface area (Å²) in [7, 11) is 0. The Morgan fingerprint density at radius 2 is 1.81 bits per heavy atom. The van der Waals surface area contributed by atoms with Crippen molar-refractivity contribution in [3.63, 3.8) is 0 Å². The first-order chi connectivity index (χ1) is 14.8. The van der Waals surface area contributed by atoms with Gasteiger partial charge in [0.2, 0.25) is 11.7 Å². The van der Waals surface area contributed by atoms with E-state index < -0.39 is 11.7 Å². The highest BCUT2D eigenvalue weighted by Gasteiger charge is 2.30. The molecule has 0 spiro atoms. The van der Waals surface area contributed by atoms with Crippen molar-refractivity contribution in [2.24, 2.45) is 0 Å². The van der Waals surface area contributed by atoms with E-state index in [-0.39, 0.29) is 37.0 Å². The SMILES string of the molecule is CCOc1ccc(OCCNC(=O)Cn2nnc(-c3cccc(C(F)(F)F)c3)n2)cc1. The molecule has 0 unspecified atom stereocenters. The summed E-state index contributed by atoms with van der Waals surface area (Å²) in [5, 5.41) is 14.0. The molecule has 3 rings (SSSR count). The van der Waals surface area contributed by atoms with Crippen molar-refractivity contribution in [1.82, 2.24) is 25.5 Å². The fourth-order valence-corrected chi connectivity index (χ4v) is 2.60. The van der Waals surface area contributed by atoms with Crippen LogP contribution in [0.1, 0.15) is 12.5 Å². The van der Waals surface area contributed by atoms with Gasteiger partial charge in [0.25, 0.3) is 0 Å². The number of ether oxygens (including phenoxy) is 2. The fourth-order valence-electron chi connectivity index (χ4n) is 2.60. The number of hydrogen-bond donors (Lipinski definition) is 1. The zero-order chi connectivity index (χ0) is 22.3. The number of rotatable bonds is 9. The number of nitrogens with zero attached hydrogens (tertiary/aromatic N) is 4. The molecule has 1 N–H and O–H groups in total. The highest BCUT2D eigenvalue weighted by molar-refractivity contribution is 5.75. The minimum absolute atomic E-state index is 0.00210. The van der Waals surface area contributed by atoms with Crippen LogP contribution in [0.4, 0.5) is 13.2 Å². The molecular weight excluding hydrogens is 415 g/mol. The minimum Gasteiger partial charge on any atom is -0.494 e. The maximum absolute atomic E-state index is 12.8. The summed E-state index contributed by atoms with van der Waals surface area (Å²) in [5.41, 5.74) is -0.656. The van der Waals surface area contributed by atoms with Gasteiger partial charge in [-0.25, -0.2) is 0 Å². The molecule has 8 nitrogen and oxygen atoms in total. The van der Waals surface area contributed by atoms with Crippen molar-refractivity contribution >= 4 is 5.91 Å². The molecule has 164 valence electrons. The highest BCUT2D eigenvalue weighted by atomic mass is 19.4. The van der Waals surface area contributed by atoms with Crippen molar-refractivity contribution in [2.45, 2.75) is 19.6 Å². The molecular formula is C20H20F3N5O3. The van der Waals surface area contributed by atoms with E-state index in [2.05, 4.69) is 20.7 Å². The highest BCUT2D eigenvalue weighted by Crippen LogP contribution is 2.31. The molecule has 0 aliphatic heterocycles. The first-order valence-electron chi connectivity index (χ1n) is 9.43. The Balaban J connectivity index is 1.46. The van der Waals surface area contributed by atoms with Gasteiger partial charge in [-0.3, -0.25) is 4.79 Å². The maximum atomic E-state index is 12.8. The molecule has 0 saturated heterocycles. The lowest BCUT2D eigenvalue weighted by Gasteiger charge is -2.08. The summed E-state index contributed by atoms with van der Waals surface area (Å²) in [6.45, 7) is 2.75. The number of hydrogen-bond acceptors (Lipinski definition) is 6. The van der Waals surface area contributed by atoms with Crippen molar-refractivity contribution < 1.29 is 27.4 Å². The Bertz CT molecular complexity index is 1010. The topological polar surface area (TPSA) is 91.2 Å². The first kappa shape index (κ1) is 22.1. The van der Waals surface area contributed by atoms with E-state index in [1.165, 1.54) is 12.1 Å². The Labute approximate surface area is 176 Å². The van der Waals surface area contributed by atoms with Gasteiger partial charge in [-0.15, -0.1) is 10.2 Å². The monoisotopic (exact) mass is 435 g/mol. The zero-order valence-electron chi connectivity index (χ0n) is 16.6. The molecule has 31 heavy (non-hydrogen) atoms. The van der Waals surface area contributed by atoms with Gasteiger partial charge in [0, 0.05) is 5.56 Å². The number of nitrogens with one attached hydrogen (secondary N) is 1. The van der Waals surface area contributed by atoms with Gasteiger partial charge in [0.15, 0.2) is 0 Å². The third kappa shape index (κ3) is 6.43. The van der Waals surface area contributed by atoms with E-state index in [4.69, 9.17) is 9.47 Å². The first-order valence-corrected chi connectivity index (χ1v) is 9.43. The summed E-state index contributed by atoms with van der Waals surface area (Å²) in [4.78, 5) is 13.0. The van der Waals surface area contributed by atoms with Crippen LogP contribution in [-0.2, 0) is 17.5 Å². The van der Waals surface area contributed by atoms with Crippen LogP contribution >= 0.6 is 0 Å². The predicted octanol–water partition coefficient (Wildman–Crippen LogP) is 2.95. The molecule has 2 aromatic carbocycles. The van der Waals surface area contributed by atoms with E-state index >= 15 is 0 Å². The lowest BCUT2D eigenvalue weighted by atomic mass is 10.1. The standard InChI is InChI=1S/C20H20F3N5O3/c1-2-30-16-6-8-17(9-7-16)31-11-10-24-18(29)13-28-26-19(25-27-28)14-4-3-5-15(12-14)20(21,22)23/h3-9,12H,2,10-11,13H2,1H3,(H,24,29). The molecule has 1 amide bonds. The number of alkyl halides is 3. The third-order valence-electron chi connectivity index (χ3n) is 4.01. The number of carbonyl (C=O) groups excluding carboxylic acids is 1. The normalized spacial score (nSPS) is 11.2. The summed E-state index contributed by atoms with van der Waals surface area (Å²) in [6, 6.07) is 11.7. The number of benzene rings is 2. The van der Waals surface area contributed by atoms with E-state index in [1.807, 2.05) is 6.92 Å². The smallest absolute Gasteiger partial charge is 0.416 e. The van der Waals surface area contributed by atoms with Crippen LogP contribution < -0.4 is 14.8 Å². The number of tetrazole rings is 1. The average Bonchev–Trinajstić information content (AvgIpc) is 3.20. The lowest BCUT2D eigenvalue weighted by molar-refractivity contribution is -0.137. The van der Waals surface area contributed by atoms with E-state index in [0.29, 0.717) is 12.4 Å². The third-order valence-corrected chi connectivity index (χ3v) is 4.01. The Kier molecular flexibility index (Phi) is 7.06. The molecule has 0 saturated carbocycles. The second-order valence-electron chi connectivity index (χ2n) is 6.32. The summed E-state index contributed by atoms with van der Waals surface area (Å²) in [5.74, 6) is 0.996. The zero-order valence-corrected chi connectivity index (χ0v) is 16.6. The van der Waals surface area contributed by atoms with E-state index in [0.717, 1.165) is 22.7 Å². The molecule has 3 aromatic rings. The Morgan fingerprint density at radius 1 is 1.10 bits per heavy atom. The van der Waals surface area contributed by atoms with Crippen molar-refractivity contribution in [1.29, 1.82) is 0 Å². The van der Waals surface area contributed by atoms with Gasteiger partial charge in [-0.1, -0.05) is 12.1 Å². The molecule has 0 atom stereocenters. The second-order valence-corrected chi connectivity index (χ2v) is 6.32. The van der Waals surface area contributed by atoms with Crippen LogP contribution in [0.3, 0.4) is 0 Å². The van der Waals surface area contributed by atoms with Crippen LogP contribution in [0, 0.1) is 0 Å². The van der Waals surface area contributed by atoms with Crippen LogP contribution in [0.15, 0.2) is 48.5 Å². The van der Waals surface area contributed by atoms with Crippen molar-refractivity contribution in [2.75, 3.05) is 19.8 Å². The Hall–Kier alpha value is -3.63. The van der Waals surface area contributed by atoms with Gasteiger partial charge in [0.05, 0.1) is 18.7 Å². The number of carbonyl (C=O) groups is 1. The molecule has 11 heteroatoms. The van der Waals surface area contributed by atoms with Crippen LogP contribution in [-0.4, -0.2) is 45.9 Å². The Morgan fingerprint density at radius 3 is 2.48 bits per heavy atom. The van der Waals surface area contributed by atoms with Gasteiger partial charge in [-0.2, -0.15) is 18.0 Å². The predicted molar refractivity (Wildman–Crippen MR) is 104 cm³/mol. The quantitative estimate of drug-likeness (QED) is 0.520. The maximum Gasteiger partial charge on any atom is 0.416 e. The lowest BCUT2D eigenvalue weighted by Crippen LogP contribution is -2.31. The van der Waals surface area contributed by atoms with Crippen molar-refractivity contribution in [3.8, 4) is 22.9 Å². The minimum atomic E-state index is -4.47. The molecule has 0 aliphatic rings. The molecule has 0 aliphatic carbocycles. The van der Waals surface area contributed by atoms with Crippen LogP contribution in [0.25, 0.3) is 11.4 Å². The van der Waals surface area contributed by atoms with Gasteiger partial charge in [-0.05, 0) is 48.5 Å². The summed E-state index contributed by atoms with van der Waals surface area (Å²) < 4.78 is 49.4. The van der Waals surface area contributed by atoms with Crippen molar-refractivity contribution in [3.05, 3.63) is 54.1 Å².